The van der Waals surface area contributed by atoms with Gasteiger partial charge in [-0.05, 0) is 18.4 Å². The molecule has 1 fully saturated rings. The Morgan fingerprint density at radius 1 is 1.20 bits per heavy atom. The van der Waals surface area contributed by atoms with Gasteiger partial charge in [-0.1, -0.05) is 30.3 Å². The van der Waals surface area contributed by atoms with Gasteiger partial charge in [0.05, 0.1) is 12.5 Å². The molecule has 0 heterocycles. The molecule has 1 aromatic carbocycles. The molecule has 1 atom stereocenters. The van der Waals surface area contributed by atoms with Gasteiger partial charge in [-0.2, -0.15) is 0 Å². The van der Waals surface area contributed by atoms with Gasteiger partial charge in [-0.3, -0.25) is 9.59 Å². The normalized spacial score (nSPS) is 17.2. The molecule has 5 nitrogen and oxygen atoms in total. The highest BCUT2D eigenvalue weighted by atomic mass is 16.4. The number of carboxylic acids is 1. The standard InChI is InChI=1S/C15H19NO4/c17-12(6-7-13(18)19)16-10-15(8-9-15)14(20)11-4-2-1-3-5-11/h1-5,14,20H,6-10H2,(H,16,17)(H,18,19). The number of aliphatic hydroxyl groups is 1. The third kappa shape index (κ3) is 3.57. The first-order chi connectivity index (χ1) is 9.53. The molecule has 1 saturated carbocycles. The number of hydrogen-bond acceptors (Lipinski definition) is 3. The molecule has 0 bridgehead atoms. The molecule has 0 saturated heterocycles. The number of hydrogen-bond donors (Lipinski definition) is 3. The average molecular weight is 277 g/mol. The van der Waals surface area contributed by atoms with Crippen LogP contribution < -0.4 is 5.32 Å². The molecule has 5 heteroatoms. The van der Waals surface area contributed by atoms with Crippen LogP contribution in [0.25, 0.3) is 0 Å². The number of carboxylic acid groups (broad SMARTS) is 1. The molecule has 1 aliphatic rings. The number of rotatable bonds is 7. The lowest BCUT2D eigenvalue weighted by Gasteiger charge is -2.23. The van der Waals surface area contributed by atoms with Crippen LogP contribution in [0.15, 0.2) is 30.3 Å². The molecular weight excluding hydrogens is 258 g/mol. The molecule has 2 rings (SSSR count). The Kier molecular flexibility index (Phi) is 4.39. The van der Waals surface area contributed by atoms with E-state index in [1.54, 1.807) is 0 Å². The fourth-order valence-electron chi connectivity index (χ4n) is 2.28. The van der Waals surface area contributed by atoms with Crippen molar-refractivity contribution in [2.24, 2.45) is 5.41 Å². The van der Waals surface area contributed by atoms with E-state index in [-0.39, 0.29) is 24.2 Å². The predicted molar refractivity (Wildman–Crippen MR) is 72.9 cm³/mol. The number of nitrogens with one attached hydrogen (secondary N) is 1. The first kappa shape index (κ1) is 14.5. The highest BCUT2D eigenvalue weighted by molar-refractivity contribution is 5.80. The summed E-state index contributed by atoms with van der Waals surface area (Å²) >= 11 is 0. The lowest BCUT2D eigenvalue weighted by atomic mass is 9.92. The van der Waals surface area contributed by atoms with Crippen molar-refractivity contribution in [2.45, 2.75) is 31.8 Å². The number of amides is 1. The summed E-state index contributed by atoms with van der Waals surface area (Å²) in [6.07, 6.45) is 0.945. The number of aliphatic carboxylic acids is 1. The van der Waals surface area contributed by atoms with E-state index < -0.39 is 12.1 Å². The van der Waals surface area contributed by atoms with Gasteiger partial charge in [0.1, 0.15) is 0 Å². The Bertz CT molecular complexity index is 482. The summed E-state index contributed by atoms with van der Waals surface area (Å²) in [5, 5.41) is 21.6. The van der Waals surface area contributed by atoms with Crippen molar-refractivity contribution in [2.75, 3.05) is 6.54 Å². The molecule has 0 aromatic heterocycles. The third-order valence-electron chi connectivity index (χ3n) is 3.79. The van der Waals surface area contributed by atoms with Crippen molar-refractivity contribution in [1.82, 2.24) is 5.32 Å². The van der Waals surface area contributed by atoms with Gasteiger partial charge in [-0.25, -0.2) is 0 Å². The Labute approximate surface area is 117 Å². The van der Waals surface area contributed by atoms with E-state index in [0.29, 0.717) is 6.54 Å². The van der Waals surface area contributed by atoms with Crippen molar-refractivity contribution >= 4 is 11.9 Å². The highest BCUT2D eigenvalue weighted by Crippen LogP contribution is 2.54. The Morgan fingerprint density at radius 3 is 2.40 bits per heavy atom. The maximum Gasteiger partial charge on any atom is 0.303 e. The largest absolute Gasteiger partial charge is 0.481 e. The fourth-order valence-corrected chi connectivity index (χ4v) is 2.28. The van der Waals surface area contributed by atoms with Crippen LogP contribution in [-0.4, -0.2) is 28.6 Å². The van der Waals surface area contributed by atoms with Crippen LogP contribution in [0.2, 0.25) is 0 Å². The minimum atomic E-state index is -0.981. The minimum absolute atomic E-state index is 0.0210. The van der Waals surface area contributed by atoms with Gasteiger partial charge in [0.25, 0.3) is 0 Å². The van der Waals surface area contributed by atoms with Gasteiger partial charge in [-0.15, -0.1) is 0 Å². The van der Waals surface area contributed by atoms with Crippen LogP contribution in [-0.2, 0) is 9.59 Å². The summed E-state index contributed by atoms with van der Waals surface area (Å²) in [7, 11) is 0. The lowest BCUT2D eigenvalue weighted by Crippen LogP contribution is -2.33. The number of aliphatic hydroxyl groups excluding tert-OH is 1. The molecule has 0 radical (unpaired) electrons. The second-order valence-corrected chi connectivity index (χ2v) is 5.35. The van der Waals surface area contributed by atoms with Crippen molar-refractivity contribution in [1.29, 1.82) is 0 Å². The summed E-state index contributed by atoms with van der Waals surface area (Å²) in [6, 6.07) is 9.39. The molecule has 1 aromatic rings. The zero-order chi connectivity index (χ0) is 14.6. The minimum Gasteiger partial charge on any atom is -0.481 e. The maximum absolute atomic E-state index is 11.5. The van der Waals surface area contributed by atoms with E-state index in [4.69, 9.17) is 5.11 Å². The van der Waals surface area contributed by atoms with Gasteiger partial charge in [0.15, 0.2) is 0 Å². The number of carbonyl (C=O) groups excluding carboxylic acids is 1. The van der Waals surface area contributed by atoms with Crippen molar-refractivity contribution in [3.8, 4) is 0 Å². The quantitative estimate of drug-likeness (QED) is 0.704. The van der Waals surface area contributed by atoms with Crippen LogP contribution in [0.4, 0.5) is 0 Å². The zero-order valence-corrected chi connectivity index (χ0v) is 11.2. The molecule has 108 valence electrons. The number of carbonyl (C=O) groups is 2. The molecule has 1 aliphatic carbocycles. The Morgan fingerprint density at radius 2 is 1.85 bits per heavy atom. The summed E-state index contributed by atoms with van der Waals surface area (Å²) in [5.74, 6) is -1.26. The van der Waals surface area contributed by atoms with E-state index >= 15 is 0 Å². The van der Waals surface area contributed by atoms with Crippen molar-refractivity contribution < 1.29 is 19.8 Å². The fraction of sp³-hybridized carbons (Fsp3) is 0.467. The smallest absolute Gasteiger partial charge is 0.303 e. The van der Waals surface area contributed by atoms with Crippen LogP contribution in [0.1, 0.15) is 37.4 Å². The SMILES string of the molecule is O=C(O)CCC(=O)NCC1(C(O)c2ccccc2)CC1. The monoisotopic (exact) mass is 277 g/mol. The summed E-state index contributed by atoms with van der Waals surface area (Å²) < 4.78 is 0. The molecule has 0 spiro atoms. The first-order valence-corrected chi connectivity index (χ1v) is 6.75. The van der Waals surface area contributed by atoms with E-state index in [1.165, 1.54) is 0 Å². The van der Waals surface area contributed by atoms with Crippen molar-refractivity contribution in [3.63, 3.8) is 0 Å². The Balaban J connectivity index is 1.86. The lowest BCUT2D eigenvalue weighted by molar-refractivity contribution is -0.138. The van der Waals surface area contributed by atoms with Crippen molar-refractivity contribution in [3.05, 3.63) is 35.9 Å². The second kappa shape index (κ2) is 6.05. The molecule has 1 amide bonds. The summed E-state index contributed by atoms with van der Waals surface area (Å²) in [6.45, 7) is 0.390. The molecular formula is C15H19NO4. The predicted octanol–water partition coefficient (Wildman–Crippen LogP) is 1.48. The molecule has 1 unspecified atom stereocenters. The van der Waals surface area contributed by atoms with Gasteiger partial charge < -0.3 is 15.5 Å². The number of benzene rings is 1. The van der Waals surface area contributed by atoms with Gasteiger partial charge >= 0.3 is 5.97 Å². The average Bonchev–Trinajstić information content (AvgIpc) is 3.24. The van der Waals surface area contributed by atoms with Crippen LogP contribution in [0, 0.1) is 5.41 Å². The van der Waals surface area contributed by atoms with E-state index in [0.717, 1.165) is 18.4 Å². The Hall–Kier alpha value is -1.88. The van der Waals surface area contributed by atoms with E-state index in [9.17, 15) is 14.7 Å². The van der Waals surface area contributed by atoms with Gasteiger partial charge in [0, 0.05) is 18.4 Å². The van der Waals surface area contributed by atoms with Crippen LogP contribution in [0.3, 0.4) is 0 Å². The zero-order valence-electron chi connectivity index (χ0n) is 11.2. The third-order valence-corrected chi connectivity index (χ3v) is 3.79. The second-order valence-electron chi connectivity index (χ2n) is 5.35. The topological polar surface area (TPSA) is 86.6 Å². The summed E-state index contributed by atoms with van der Waals surface area (Å²) in [5.41, 5.74) is 0.560. The van der Waals surface area contributed by atoms with Crippen LogP contribution >= 0.6 is 0 Å². The maximum atomic E-state index is 11.5. The van der Waals surface area contributed by atoms with E-state index in [2.05, 4.69) is 5.32 Å². The molecule has 20 heavy (non-hydrogen) atoms. The summed E-state index contributed by atoms with van der Waals surface area (Å²) in [4.78, 5) is 21.9. The van der Waals surface area contributed by atoms with E-state index in [1.807, 2.05) is 30.3 Å². The first-order valence-electron chi connectivity index (χ1n) is 6.75. The highest BCUT2D eigenvalue weighted by Gasteiger charge is 2.49. The molecule has 3 N–H and O–H groups in total. The van der Waals surface area contributed by atoms with Gasteiger partial charge in [0.2, 0.25) is 5.91 Å². The van der Waals surface area contributed by atoms with Crippen LogP contribution in [0.5, 0.6) is 0 Å². The molecule has 0 aliphatic heterocycles.